The number of carbonyl (C=O) groups is 2. The van der Waals surface area contributed by atoms with Crippen LogP contribution >= 0.6 is 0 Å². The molecule has 1 fully saturated rings. The fourth-order valence-electron chi connectivity index (χ4n) is 4.58. The average Bonchev–Trinajstić information content (AvgIpc) is 2.89. The van der Waals surface area contributed by atoms with Gasteiger partial charge in [0.05, 0.1) is 0 Å². The number of benzene rings is 3. The van der Waals surface area contributed by atoms with E-state index in [1.807, 2.05) is 36.4 Å². The number of rotatable bonds is 8. The molecule has 0 atom stereocenters. The number of nitrogens with one attached hydrogen (secondary N) is 1. The van der Waals surface area contributed by atoms with Crippen LogP contribution in [0.5, 0.6) is 0 Å². The lowest BCUT2D eigenvalue weighted by Crippen LogP contribution is -2.48. The maximum atomic E-state index is 13.4. The Hall–Kier alpha value is -3.74. The molecule has 4 rings (SSSR count). The molecular weight excluding hydrogens is 462 g/mol. The van der Waals surface area contributed by atoms with Crippen molar-refractivity contribution >= 4 is 12.0 Å². The van der Waals surface area contributed by atoms with Gasteiger partial charge in [-0.25, -0.2) is 13.6 Å². The lowest BCUT2D eigenvalue weighted by molar-refractivity contribution is -0.135. The lowest BCUT2D eigenvalue weighted by atomic mass is 9.84. The fourth-order valence-corrected chi connectivity index (χ4v) is 4.58. The maximum Gasteiger partial charge on any atom is 0.408 e. The number of carbonyl (C=O) groups excluding carboxylic acids is 2. The Bertz CT molecular complexity index is 1160. The monoisotopic (exact) mass is 492 g/mol. The van der Waals surface area contributed by atoms with Crippen molar-refractivity contribution in [3.8, 4) is 0 Å². The van der Waals surface area contributed by atoms with Crippen molar-refractivity contribution in [3.05, 3.63) is 107 Å². The molecule has 1 saturated heterocycles. The number of alkyl carbamates (subject to hydrolysis) is 1. The Morgan fingerprint density at radius 2 is 1.56 bits per heavy atom. The van der Waals surface area contributed by atoms with Gasteiger partial charge in [0.25, 0.3) is 0 Å². The van der Waals surface area contributed by atoms with Gasteiger partial charge in [-0.05, 0) is 53.8 Å². The molecule has 188 valence electrons. The molecule has 0 unspecified atom stereocenters. The van der Waals surface area contributed by atoms with Gasteiger partial charge in [-0.15, -0.1) is 0 Å². The Labute approximate surface area is 210 Å². The van der Waals surface area contributed by atoms with E-state index in [1.165, 1.54) is 24.3 Å². The largest absolute Gasteiger partial charge is 0.438 e. The number of piperidine rings is 1. The minimum atomic E-state index is -0.835. The van der Waals surface area contributed by atoms with Gasteiger partial charge >= 0.3 is 6.09 Å². The fraction of sp³-hybridized carbons (Fsp3) is 0.310. The number of nitrogens with zero attached hydrogens (tertiary/aromatic N) is 1. The SMILES string of the molecule is O=C(NCCc1cccc(F)c1)OC1(c2ccccc2)CCN(C(=O)CCc2ccc(F)cc2)CC1. The first-order chi connectivity index (χ1) is 17.4. The van der Waals surface area contributed by atoms with Crippen LogP contribution in [0.3, 0.4) is 0 Å². The van der Waals surface area contributed by atoms with Crippen molar-refractivity contribution in [2.75, 3.05) is 19.6 Å². The van der Waals surface area contributed by atoms with Gasteiger partial charge in [0.1, 0.15) is 17.2 Å². The number of hydrogen-bond acceptors (Lipinski definition) is 3. The predicted octanol–water partition coefficient (Wildman–Crippen LogP) is 5.38. The van der Waals surface area contributed by atoms with E-state index < -0.39 is 11.7 Å². The Kier molecular flexibility index (Phi) is 8.31. The number of ether oxygens (including phenoxy) is 1. The molecule has 1 aliphatic heterocycles. The van der Waals surface area contributed by atoms with Crippen LogP contribution in [0, 0.1) is 11.6 Å². The van der Waals surface area contributed by atoms with E-state index in [4.69, 9.17) is 4.74 Å². The minimum Gasteiger partial charge on any atom is -0.438 e. The van der Waals surface area contributed by atoms with Crippen LogP contribution in [-0.2, 0) is 28.0 Å². The molecule has 1 aliphatic rings. The van der Waals surface area contributed by atoms with Crippen LogP contribution in [0.4, 0.5) is 13.6 Å². The van der Waals surface area contributed by atoms with E-state index in [9.17, 15) is 18.4 Å². The van der Waals surface area contributed by atoms with Crippen molar-refractivity contribution in [3.63, 3.8) is 0 Å². The summed E-state index contributed by atoms with van der Waals surface area (Å²) in [7, 11) is 0. The smallest absolute Gasteiger partial charge is 0.408 e. The quantitative estimate of drug-likeness (QED) is 0.459. The van der Waals surface area contributed by atoms with Gasteiger partial charge in [-0.1, -0.05) is 54.6 Å². The normalized spacial score (nSPS) is 14.8. The van der Waals surface area contributed by atoms with Gasteiger partial charge in [-0.2, -0.15) is 0 Å². The van der Waals surface area contributed by atoms with Gasteiger partial charge < -0.3 is 15.0 Å². The second-order valence-corrected chi connectivity index (χ2v) is 9.06. The van der Waals surface area contributed by atoms with Crippen LogP contribution in [-0.4, -0.2) is 36.5 Å². The highest BCUT2D eigenvalue weighted by molar-refractivity contribution is 5.76. The molecule has 0 spiro atoms. The zero-order chi connectivity index (χ0) is 25.4. The first kappa shape index (κ1) is 25.4. The number of likely N-dealkylation sites (tertiary alicyclic amines) is 1. The topological polar surface area (TPSA) is 58.6 Å². The van der Waals surface area contributed by atoms with E-state index in [1.54, 1.807) is 23.1 Å². The summed E-state index contributed by atoms with van der Waals surface area (Å²) in [5.74, 6) is -0.575. The van der Waals surface area contributed by atoms with E-state index in [-0.39, 0.29) is 17.5 Å². The summed E-state index contributed by atoms with van der Waals surface area (Å²) in [5.41, 5.74) is 1.76. The van der Waals surface area contributed by atoms with E-state index in [2.05, 4.69) is 5.32 Å². The van der Waals surface area contributed by atoms with Gasteiger partial charge in [0, 0.05) is 38.9 Å². The molecule has 1 N–H and O–H groups in total. The van der Waals surface area contributed by atoms with Crippen molar-refractivity contribution in [2.45, 2.75) is 37.7 Å². The molecule has 0 aromatic heterocycles. The minimum absolute atomic E-state index is 0.0283. The number of hydrogen-bond donors (Lipinski definition) is 1. The van der Waals surface area contributed by atoms with E-state index >= 15 is 0 Å². The van der Waals surface area contributed by atoms with Crippen LogP contribution in [0.25, 0.3) is 0 Å². The number of aryl methyl sites for hydroxylation is 1. The van der Waals surface area contributed by atoms with Crippen LogP contribution in [0.2, 0.25) is 0 Å². The molecule has 0 bridgehead atoms. The summed E-state index contributed by atoms with van der Waals surface area (Å²) in [6.45, 7) is 1.25. The van der Waals surface area contributed by atoms with Crippen molar-refractivity contribution < 1.29 is 23.1 Å². The molecule has 3 aromatic rings. The second-order valence-electron chi connectivity index (χ2n) is 9.06. The third-order valence-electron chi connectivity index (χ3n) is 6.62. The number of halogens is 2. The predicted molar refractivity (Wildman–Crippen MR) is 133 cm³/mol. The molecule has 1 heterocycles. The summed E-state index contributed by atoms with van der Waals surface area (Å²) in [4.78, 5) is 27.3. The highest BCUT2D eigenvalue weighted by Gasteiger charge is 2.40. The Morgan fingerprint density at radius 3 is 2.25 bits per heavy atom. The third-order valence-corrected chi connectivity index (χ3v) is 6.62. The van der Waals surface area contributed by atoms with Crippen molar-refractivity contribution in [1.29, 1.82) is 0 Å². The van der Waals surface area contributed by atoms with Crippen molar-refractivity contribution in [2.24, 2.45) is 0 Å². The molecule has 7 heteroatoms. The summed E-state index contributed by atoms with van der Waals surface area (Å²) >= 11 is 0. The second kappa shape index (κ2) is 11.8. The molecule has 3 aromatic carbocycles. The maximum absolute atomic E-state index is 13.4. The zero-order valence-electron chi connectivity index (χ0n) is 20.1. The Morgan fingerprint density at radius 1 is 0.833 bits per heavy atom. The molecule has 0 radical (unpaired) electrons. The summed E-state index contributed by atoms with van der Waals surface area (Å²) in [6, 6.07) is 22.1. The highest BCUT2D eigenvalue weighted by Crippen LogP contribution is 2.37. The zero-order valence-corrected chi connectivity index (χ0v) is 20.1. The lowest BCUT2D eigenvalue weighted by Gasteiger charge is -2.41. The third kappa shape index (κ3) is 6.68. The number of amides is 2. The highest BCUT2D eigenvalue weighted by atomic mass is 19.1. The summed E-state index contributed by atoms with van der Waals surface area (Å²) in [6.07, 6.45) is 1.80. The summed E-state index contributed by atoms with van der Waals surface area (Å²) in [5, 5.41) is 2.78. The molecular formula is C29H30F2N2O3. The standard InChI is InChI=1S/C29H30F2N2O3/c30-25-12-9-22(10-13-25)11-14-27(34)33-19-16-29(17-20-33,24-6-2-1-3-7-24)36-28(35)32-18-15-23-5-4-8-26(31)21-23/h1-10,12-13,21H,11,14-20H2,(H,32,35). The first-order valence-electron chi connectivity index (χ1n) is 12.2. The van der Waals surface area contributed by atoms with E-state index in [0.29, 0.717) is 51.7 Å². The van der Waals surface area contributed by atoms with E-state index in [0.717, 1.165) is 16.7 Å². The summed E-state index contributed by atoms with van der Waals surface area (Å²) < 4.78 is 32.5. The van der Waals surface area contributed by atoms with Crippen LogP contribution in [0.1, 0.15) is 36.0 Å². The molecule has 5 nitrogen and oxygen atoms in total. The Balaban J connectivity index is 1.34. The van der Waals surface area contributed by atoms with Crippen LogP contribution < -0.4 is 5.32 Å². The van der Waals surface area contributed by atoms with Gasteiger partial charge in [-0.3, -0.25) is 4.79 Å². The molecule has 36 heavy (non-hydrogen) atoms. The van der Waals surface area contributed by atoms with Gasteiger partial charge in [0.2, 0.25) is 5.91 Å². The van der Waals surface area contributed by atoms with Crippen LogP contribution in [0.15, 0.2) is 78.9 Å². The van der Waals surface area contributed by atoms with Crippen molar-refractivity contribution in [1.82, 2.24) is 10.2 Å². The molecule has 0 aliphatic carbocycles. The average molecular weight is 493 g/mol. The molecule has 0 saturated carbocycles. The first-order valence-corrected chi connectivity index (χ1v) is 12.2. The van der Waals surface area contributed by atoms with Gasteiger partial charge in [0.15, 0.2) is 0 Å². The molecule has 2 amide bonds.